The summed E-state index contributed by atoms with van der Waals surface area (Å²) in [4.78, 5) is 4.80. The molecule has 0 unspecified atom stereocenters. The molecule has 1 N–H and O–H groups in total. The van der Waals surface area contributed by atoms with E-state index in [1.165, 1.54) is 11.3 Å². The average molecular weight is 240 g/mol. The lowest BCUT2D eigenvalue weighted by atomic mass is 10.2. The fraction of sp³-hybridized carbons (Fsp3) is 0.0833. The van der Waals surface area contributed by atoms with E-state index in [1.54, 1.807) is 24.3 Å². The van der Waals surface area contributed by atoms with Gasteiger partial charge in [0.15, 0.2) is 5.82 Å². The van der Waals surface area contributed by atoms with Crippen LogP contribution < -0.4 is 5.32 Å². The highest BCUT2D eigenvalue weighted by Gasteiger charge is 2.08. The molecular weight excluding hydrogens is 232 g/mol. The van der Waals surface area contributed by atoms with Gasteiger partial charge in [0.05, 0.1) is 16.6 Å². The number of nitrogens with zero attached hydrogens (tertiary/aromatic N) is 3. The predicted octanol–water partition coefficient (Wildman–Crippen LogP) is 2.94. The van der Waals surface area contributed by atoms with E-state index in [0.29, 0.717) is 16.3 Å². The number of benzene rings is 1. The lowest BCUT2D eigenvalue weighted by Gasteiger charge is -2.02. The summed E-state index contributed by atoms with van der Waals surface area (Å²) in [5.41, 5.74) is 1.41. The summed E-state index contributed by atoms with van der Waals surface area (Å²) >= 11 is 1.35. The van der Waals surface area contributed by atoms with Crippen molar-refractivity contribution in [2.75, 3.05) is 5.32 Å². The smallest absolute Gasteiger partial charge is 0.159 e. The van der Waals surface area contributed by atoms with Crippen LogP contribution in [0.15, 0.2) is 24.3 Å². The molecule has 1 aromatic heterocycles. The number of hydrogen-bond donors (Lipinski definition) is 1. The molecule has 0 amide bonds. The van der Waals surface area contributed by atoms with Gasteiger partial charge in [0.1, 0.15) is 10.9 Å². The van der Waals surface area contributed by atoms with E-state index in [1.807, 2.05) is 6.92 Å². The van der Waals surface area contributed by atoms with Gasteiger partial charge in [-0.1, -0.05) is 0 Å². The van der Waals surface area contributed by atoms with Gasteiger partial charge in [0.25, 0.3) is 0 Å². The molecule has 2 rings (SSSR count). The molecule has 0 bridgehead atoms. The molecule has 1 heterocycles. The Hall–Kier alpha value is -2.37. The third-order valence-electron chi connectivity index (χ3n) is 2.11. The minimum atomic E-state index is 0.562. The van der Waals surface area contributed by atoms with E-state index >= 15 is 0 Å². The topological polar surface area (TPSA) is 72.5 Å². The molecule has 1 aromatic carbocycles. The van der Waals surface area contributed by atoms with Gasteiger partial charge in [-0.05, 0) is 31.2 Å². The number of hydrogen-bond acceptors (Lipinski definition) is 5. The lowest BCUT2D eigenvalue weighted by molar-refractivity contribution is 1.28. The van der Waals surface area contributed by atoms with Crippen LogP contribution in [0.4, 0.5) is 11.5 Å². The Morgan fingerprint density at radius 1 is 1.18 bits per heavy atom. The largest absolute Gasteiger partial charge is 0.338 e. The molecule has 82 valence electrons. The summed E-state index contributed by atoms with van der Waals surface area (Å²) in [5, 5.41) is 21.5. The van der Waals surface area contributed by atoms with Gasteiger partial charge in [-0.2, -0.15) is 10.5 Å². The third-order valence-corrected chi connectivity index (χ3v) is 2.99. The SMILES string of the molecule is Cc1nc(Nc2ccc(C#N)cc2)c(C#N)s1. The molecule has 0 aliphatic heterocycles. The monoisotopic (exact) mass is 240 g/mol. The summed E-state index contributed by atoms with van der Waals surface area (Å²) in [7, 11) is 0. The van der Waals surface area contributed by atoms with Gasteiger partial charge >= 0.3 is 0 Å². The van der Waals surface area contributed by atoms with E-state index in [4.69, 9.17) is 10.5 Å². The molecule has 0 fully saturated rings. The lowest BCUT2D eigenvalue weighted by Crippen LogP contribution is -1.92. The Bertz CT molecular complexity index is 613. The number of rotatable bonds is 2. The van der Waals surface area contributed by atoms with Gasteiger partial charge in [-0.15, -0.1) is 11.3 Å². The first-order valence-corrected chi connectivity index (χ1v) is 5.69. The fourth-order valence-corrected chi connectivity index (χ4v) is 2.02. The Morgan fingerprint density at radius 2 is 1.88 bits per heavy atom. The molecule has 0 radical (unpaired) electrons. The maximum atomic E-state index is 8.93. The highest BCUT2D eigenvalue weighted by Crippen LogP contribution is 2.24. The van der Waals surface area contributed by atoms with Crippen molar-refractivity contribution < 1.29 is 0 Å². The van der Waals surface area contributed by atoms with Gasteiger partial charge in [-0.25, -0.2) is 4.98 Å². The zero-order valence-electron chi connectivity index (χ0n) is 9.06. The van der Waals surface area contributed by atoms with Crippen LogP contribution in [0.1, 0.15) is 15.4 Å². The second kappa shape index (κ2) is 4.65. The quantitative estimate of drug-likeness (QED) is 0.875. The summed E-state index contributed by atoms with van der Waals surface area (Å²) in [6.45, 7) is 1.86. The second-order valence-electron chi connectivity index (χ2n) is 3.34. The zero-order valence-corrected chi connectivity index (χ0v) is 9.88. The maximum absolute atomic E-state index is 8.93. The van der Waals surface area contributed by atoms with Crippen LogP contribution in [-0.4, -0.2) is 4.98 Å². The van der Waals surface area contributed by atoms with Crippen molar-refractivity contribution in [1.82, 2.24) is 4.98 Å². The molecule has 4 nitrogen and oxygen atoms in total. The van der Waals surface area contributed by atoms with Crippen LogP contribution in [0.2, 0.25) is 0 Å². The molecule has 0 atom stereocenters. The fourth-order valence-electron chi connectivity index (χ4n) is 1.35. The molecule has 2 aromatic rings. The van der Waals surface area contributed by atoms with E-state index in [0.717, 1.165) is 10.7 Å². The standard InChI is InChI=1S/C12H8N4S/c1-8-15-12(11(7-14)17-8)16-10-4-2-9(6-13)3-5-10/h2-5,16H,1H3. The third kappa shape index (κ3) is 2.41. The number of aryl methyl sites for hydroxylation is 1. The van der Waals surface area contributed by atoms with Crippen molar-refractivity contribution in [2.24, 2.45) is 0 Å². The van der Waals surface area contributed by atoms with Gasteiger partial charge in [-0.3, -0.25) is 0 Å². The van der Waals surface area contributed by atoms with Crippen molar-refractivity contribution in [3.63, 3.8) is 0 Å². The first-order chi connectivity index (χ1) is 8.22. The van der Waals surface area contributed by atoms with Gasteiger partial charge in [0, 0.05) is 5.69 Å². The van der Waals surface area contributed by atoms with Crippen LogP contribution >= 0.6 is 11.3 Å². The van der Waals surface area contributed by atoms with Crippen molar-refractivity contribution >= 4 is 22.8 Å². The highest BCUT2D eigenvalue weighted by molar-refractivity contribution is 7.12. The Balaban J connectivity index is 2.26. The van der Waals surface area contributed by atoms with Gasteiger partial charge < -0.3 is 5.32 Å². The number of aromatic nitrogens is 1. The molecule has 0 aliphatic rings. The molecule has 0 saturated heterocycles. The molecule has 0 spiro atoms. The Kier molecular flexibility index (Phi) is 3.04. The number of anilines is 2. The maximum Gasteiger partial charge on any atom is 0.159 e. The number of nitrogens with one attached hydrogen (secondary N) is 1. The van der Waals surface area contributed by atoms with Crippen molar-refractivity contribution in [2.45, 2.75) is 6.92 Å². The van der Waals surface area contributed by atoms with E-state index in [-0.39, 0.29) is 0 Å². The average Bonchev–Trinajstić information content (AvgIpc) is 2.70. The van der Waals surface area contributed by atoms with E-state index in [9.17, 15) is 0 Å². The number of nitriles is 2. The van der Waals surface area contributed by atoms with Crippen LogP contribution in [0.3, 0.4) is 0 Å². The van der Waals surface area contributed by atoms with Gasteiger partial charge in [0.2, 0.25) is 0 Å². The molecular formula is C12H8N4S. The van der Waals surface area contributed by atoms with Crippen LogP contribution in [0, 0.1) is 29.6 Å². The summed E-state index contributed by atoms with van der Waals surface area (Å²) in [6, 6.07) is 11.2. The number of thiazole rings is 1. The van der Waals surface area contributed by atoms with Crippen molar-refractivity contribution in [3.8, 4) is 12.1 Å². The zero-order chi connectivity index (χ0) is 12.3. The molecule has 0 aliphatic carbocycles. The highest BCUT2D eigenvalue weighted by atomic mass is 32.1. The van der Waals surface area contributed by atoms with Crippen molar-refractivity contribution in [3.05, 3.63) is 39.7 Å². The minimum Gasteiger partial charge on any atom is -0.338 e. The van der Waals surface area contributed by atoms with Crippen LogP contribution in [-0.2, 0) is 0 Å². The molecule has 0 saturated carbocycles. The normalized spacial score (nSPS) is 9.35. The van der Waals surface area contributed by atoms with E-state index < -0.39 is 0 Å². The summed E-state index contributed by atoms with van der Waals surface area (Å²) < 4.78 is 0. The Morgan fingerprint density at radius 3 is 2.47 bits per heavy atom. The van der Waals surface area contributed by atoms with E-state index in [2.05, 4.69) is 22.4 Å². The first-order valence-electron chi connectivity index (χ1n) is 4.87. The minimum absolute atomic E-state index is 0.562. The van der Waals surface area contributed by atoms with Crippen LogP contribution in [0.5, 0.6) is 0 Å². The Labute approximate surface area is 103 Å². The summed E-state index contributed by atoms with van der Waals surface area (Å²) in [6.07, 6.45) is 0. The van der Waals surface area contributed by atoms with Crippen LogP contribution in [0.25, 0.3) is 0 Å². The first kappa shape index (κ1) is 11.1. The second-order valence-corrected chi connectivity index (χ2v) is 4.54. The molecule has 17 heavy (non-hydrogen) atoms. The van der Waals surface area contributed by atoms with Crippen molar-refractivity contribution in [1.29, 1.82) is 10.5 Å². The predicted molar refractivity (Wildman–Crippen MR) is 66.0 cm³/mol. The summed E-state index contributed by atoms with van der Waals surface area (Å²) in [5.74, 6) is 0.569. The molecule has 5 heteroatoms.